The molecule has 0 radical (unpaired) electrons. The fourth-order valence-corrected chi connectivity index (χ4v) is 5.27. The van der Waals surface area contributed by atoms with E-state index in [1.54, 1.807) is 25.2 Å². The summed E-state index contributed by atoms with van der Waals surface area (Å²) in [6, 6.07) is 12.4. The minimum Gasteiger partial charge on any atom is -0.450 e. The number of rotatable bonds is 4. The number of benzene rings is 2. The average Bonchev–Trinajstić information content (AvgIpc) is 3.14. The molecule has 1 aromatic heterocycles. The van der Waals surface area contributed by atoms with Crippen LogP contribution in [0.25, 0.3) is 11.0 Å². The predicted molar refractivity (Wildman–Crippen MR) is 125 cm³/mol. The minimum atomic E-state index is -1.53. The van der Waals surface area contributed by atoms with Crippen LogP contribution in [0.4, 0.5) is 5.69 Å². The van der Waals surface area contributed by atoms with Crippen LogP contribution < -0.4 is 10.3 Å². The third-order valence-electron chi connectivity index (χ3n) is 6.31. The van der Waals surface area contributed by atoms with Crippen LogP contribution >= 0.6 is 15.9 Å². The zero-order valence-electron chi connectivity index (χ0n) is 18.0. The summed E-state index contributed by atoms with van der Waals surface area (Å²) in [5.41, 5.74) is -0.135. The summed E-state index contributed by atoms with van der Waals surface area (Å²) in [7, 11) is 5.58. The van der Waals surface area contributed by atoms with Gasteiger partial charge in [0.2, 0.25) is 5.76 Å². The minimum absolute atomic E-state index is 0.0480. The molecule has 3 heterocycles. The summed E-state index contributed by atoms with van der Waals surface area (Å²) in [6.07, 6.45) is 0.646. The van der Waals surface area contributed by atoms with E-state index in [9.17, 15) is 14.4 Å². The van der Waals surface area contributed by atoms with Crippen molar-refractivity contribution < 1.29 is 14.0 Å². The van der Waals surface area contributed by atoms with Crippen LogP contribution in [0.1, 0.15) is 28.1 Å². The zero-order chi connectivity index (χ0) is 22.8. The van der Waals surface area contributed by atoms with Crippen LogP contribution in [-0.4, -0.2) is 55.8 Å². The van der Waals surface area contributed by atoms with E-state index in [0.717, 1.165) is 6.54 Å². The first kappa shape index (κ1) is 20.9. The van der Waals surface area contributed by atoms with Crippen molar-refractivity contribution in [3.05, 3.63) is 74.0 Å². The van der Waals surface area contributed by atoms with Gasteiger partial charge in [-0.15, -0.1) is 0 Å². The first-order chi connectivity index (χ1) is 15.3. The Morgan fingerprint density at radius 1 is 1.09 bits per heavy atom. The van der Waals surface area contributed by atoms with E-state index in [4.69, 9.17) is 4.42 Å². The molecule has 0 N–H and O–H groups in total. The molecule has 1 atom stereocenters. The summed E-state index contributed by atoms with van der Waals surface area (Å²) in [5.74, 6) is -0.801. The van der Waals surface area contributed by atoms with Gasteiger partial charge < -0.3 is 19.1 Å². The van der Waals surface area contributed by atoms with Crippen molar-refractivity contribution in [2.75, 3.05) is 39.1 Å². The Hall–Kier alpha value is -2.97. The molecule has 32 heavy (non-hydrogen) atoms. The van der Waals surface area contributed by atoms with Gasteiger partial charge in [-0.1, -0.05) is 34.1 Å². The van der Waals surface area contributed by atoms with Gasteiger partial charge in [0.25, 0.3) is 11.8 Å². The van der Waals surface area contributed by atoms with Gasteiger partial charge in [0, 0.05) is 29.3 Å². The maximum Gasteiger partial charge on any atom is 0.291 e. The quantitative estimate of drug-likeness (QED) is 0.555. The maximum atomic E-state index is 13.9. The monoisotopic (exact) mass is 495 g/mol. The smallest absolute Gasteiger partial charge is 0.291 e. The van der Waals surface area contributed by atoms with Crippen LogP contribution in [0.5, 0.6) is 0 Å². The zero-order valence-corrected chi connectivity index (χ0v) is 19.6. The largest absolute Gasteiger partial charge is 0.450 e. The number of fused-ring (bicyclic) bond motifs is 5. The highest BCUT2D eigenvalue weighted by atomic mass is 79.9. The van der Waals surface area contributed by atoms with Crippen molar-refractivity contribution >= 4 is 44.4 Å². The number of hydrogen-bond donors (Lipinski definition) is 0. The average molecular weight is 496 g/mol. The summed E-state index contributed by atoms with van der Waals surface area (Å²) in [4.78, 5) is 46.5. The topological polar surface area (TPSA) is 74.1 Å². The molecule has 7 nitrogen and oxygen atoms in total. The number of anilines is 1. The Morgan fingerprint density at radius 2 is 1.84 bits per heavy atom. The second-order valence-corrected chi connectivity index (χ2v) is 9.40. The van der Waals surface area contributed by atoms with Crippen molar-refractivity contribution in [2.24, 2.45) is 0 Å². The van der Waals surface area contributed by atoms with E-state index in [-0.39, 0.29) is 22.7 Å². The molecular weight excluding hydrogens is 474 g/mol. The number of likely N-dealkylation sites (N-methyl/N-ethyl adjacent to an activating group) is 1. The number of carbonyl (C=O) groups is 2. The Balaban J connectivity index is 1.84. The normalized spacial score (nSPS) is 19.5. The Kier molecular flexibility index (Phi) is 4.76. The molecule has 0 aliphatic carbocycles. The van der Waals surface area contributed by atoms with Gasteiger partial charge in [0.1, 0.15) is 5.58 Å². The number of halogens is 1. The summed E-state index contributed by atoms with van der Waals surface area (Å²) >= 11 is 3.40. The fourth-order valence-electron chi connectivity index (χ4n) is 4.91. The Labute approximate surface area is 193 Å². The Morgan fingerprint density at radius 3 is 2.59 bits per heavy atom. The molecule has 0 bridgehead atoms. The van der Waals surface area contributed by atoms with Crippen molar-refractivity contribution in [1.82, 2.24) is 9.80 Å². The molecule has 3 aromatic rings. The van der Waals surface area contributed by atoms with Crippen molar-refractivity contribution in [3.63, 3.8) is 0 Å². The van der Waals surface area contributed by atoms with Gasteiger partial charge in [-0.2, -0.15) is 0 Å². The lowest BCUT2D eigenvalue weighted by molar-refractivity contribution is -0.125. The van der Waals surface area contributed by atoms with Gasteiger partial charge in [-0.05, 0) is 51.3 Å². The molecule has 0 saturated carbocycles. The van der Waals surface area contributed by atoms with Gasteiger partial charge >= 0.3 is 0 Å². The first-order valence-electron chi connectivity index (χ1n) is 10.4. The lowest BCUT2D eigenvalue weighted by atomic mass is 9.84. The third-order valence-corrected chi connectivity index (χ3v) is 6.81. The van der Waals surface area contributed by atoms with Crippen LogP contribution in [0.3, 0.4) is 0 Å². The maximum absolute atomic E-state index is 13.9. The van der Waals surface area contributed by atoms with Crippen molar-refractivity contribution in [1.29, 1.82) is 0 Å². The van der Waals surface area contributed by atoms with E-state index < -0.39 is 11.4 Å². The molecule has 164 valence electrons. The molecule has 0 fully saturated rings. The molecule has 1 unspecified atom stereocenters. The first-order valence-corrected chi connectivity index (χ1v) is 11.2. The molecule has 2 aliphatic heterocycles. The van der Waals surface area contributed by atoms with E-state index in [1.807, 2.05) is 43.3 Å². The fraction of sp³-hybridized carbons (Fsp3) is 0.292. The van der Waals surface area contributed by atoms with Gasteiger partial charge in [-0.25, -0.2) is 0 Å². The number of nitrogens with zero attached hydrogens (tertiary/aromatic N) is 3. The van der Waals surface area contributed by atoms with Crippen molar-refractivity contribution in [2.45, 2.75) is 12.0 Å². The second kappa shape index (κ2) is 7.28. The standard InChI is InChI=1S/C24H22BrN3O4/c1-26(2)11-6-12-28-22(30)21-19(20(29)15-13-14(25)9-10-18(15)32-21)24(28)16-7-4-5-8-17(16)27(3)23(24)31/h4-5,7-10,13H,6,11-12H2,1-3H3. The van der Waals surface area contributed by atoms with Crippen LogP contribution in [0.2, 0.25) is 0 Å². The summed E-state index contributed by atoms with van der Waals surface area (Å²) in [5, 5.41) is 0.334. The molecule has 2 aliphatic rings. The second-order valence-electron chi connectivity index (χ2n) is 8.48. The SMILES string of the molecule is CN(C)CCCN1C(=O)c2oc3ccc(Br)cc3c(=O)c2C12C(=O)N(C)c1ccccc12. The highest BCUT2D eigenvalue weighted by molar-refractivity contribution is 9.10. The summed E-state index contributed by atoms with van der Waals surface area (Å²) < 4.78 is 6.72. The van der Waals surface area contributed by atoms with E-state index >= 15 is 0 Å². The molecule has 1 spiro atoms. The highest BCUT2D eigenvalue weighted by Crippen LogP contribution is 2.52. The van der Waals surface area contributed by atoms with Crippen LogP contribution in [-0.2, 0) is 10.3 Å². The molecule has 2 aromatic carbocycles. The van der Waals surface area contributed by atoms with E-state index in [2.05, 4.69) is 15.9 Å². The molecule has 5 rings (SSSR count). The van der Waals surface area contributed by atoms with Crippen molar-refractivity contribution in [3.8, 4) is 0 Å². The number of hydrogen-bond acceptors (Lipinski definition) is 5. The Bertz CT molecular complexity index is 1350. The number of amides is 2. The van der Waals surface area contributed by atoms with Gasteiger partial charge in [0.05, 0.1) is 10.9 Å². The molecule has 0 saturated heterocycles. The van der Waals surface area contributed by atoms with E-state index in [1.165, 1.54) is 9.80 Å². The van der Waals surface area contributed by atoms with Crippen LogP contribution in [0, 0.1) is 0 Å². The van der Waals surface area contributed by atoms with Gasteiger partial charge in [-0.3, -0.25) is 14.4 Å². The molecular formula is C24H22BrN3O4. The lowest BCUT2D eigenvalue weighted by Crippen LogP contribution is -2.53. The van der Waals surface area contributed by atoms with E-state index in [0.29, 0.717) is 39.7 Å². The highest BCUT2D eigenvalue weighted by Gasteiger charge is 2.64. The summed E-state index contributed by atoms with van der Waals surface area (Å²) in [6.45, 7) is 1.05. The number of carbonyl (C=O) groups excluding carboxylic acids is 2. The lowest BCUT2D eigenvalue weighted by Gasteiger charge is -2.34. The van der Waals surface area contributed by atoms with Gasteiger partial charge in [0.15, 0.2) is 11.0 Å². The molecule has 8 heteroatoms. The third kappa shape index (κ3) is 2.66. The number of para-hydroxylation sites is 1. The predicted octanol–water partition coefficient (Wildman–Crippen LogP) is 3.18. The van der Waals surface area contributed by atoms with Crippen LogP contribution in [0.15, 0.2) is 56.1 Å². The molecule has 2 amide bonds.